The topological polar surface area (TPSA) is 46.4 Å². The summed E-state index contributed by atoms with van der Waals surface area (Å²) in [5, 5.41) is 5.34. The molecule has 3 rings (SSSR count). The number of rotatable bonds is 7. The number of hydrazone groups is 1. The number of nitrogens with zero attached hydrogens (tertiary/aromatic N) is 2. The van der Waals surface area contributed by atoms with E-state index in [0.717, 1.165) is 28.2 Å². The van der Waals surface area contributed by atoms with E-state index in [4.69, 9.17) is 23.2 Å². The normalized spacial score (nSPS) is 11.2. The Morgan fingerprint density at radius 3 is 2.50 bits per heavy atom. The lowest BCUT2D eigenvalue weighted by molar-refractivity contribution is -0.118. The Bertz CT molecular complexity index is 1070. The second kappa shape index (κ2) is 10.2. The van der Waals surface area contributed by atoms with Gasteiger partial charge in [-0.3, -0.25) is 4.79 Å². The summed E-state index contributed by atoms with van der Waals surface area (Å²) in [6, 6.07) is 15.8. The average molecular weight is 460 g/mol. The van der Waals surface area contributed by atoms with Crippen LogP contribution in [0.25, 0.3) is 5.69 Å². The third-order valence-electron chi connectivity index (χ3n) is 4.66. The number of hydrogen-bond donors (Lipinski definition) is 1. The number of halogens is 2. The maximum atomic E-state index is 12.1. The molecule has 4 nitrogen and oxygen atoms in total. The molecule has 0 unspecified atom stereocenters. The van der Waals surface area contributed by atoms with E-state index < -0.39 is 0 Å². The van der Waals surface area contributed by atoms with Gasteiger partial charge in [-0.1, -0.05) is 41.4 Å². The molecule has 30 heavy (non-hydrogen) atoms. The summed E-state index contributed by atoms with van der Waals surface area (Å²) in [6.45, 7) is 6.18. The first-order chi connectivity index (χ1) is 14.4. The fourth-order valence-corrected chi connectivity index (χ4v) is 4.76. The van der Waals surface area contributed by atoms with Crippen LogP contribution in [-0.2, 0) is 10.5 Å². The van der Waals surface area contributed by atoms with Crippen LogP contribution in [0.15, 0.2) is 53.6 Å². The Morgan fingerprint density at radius 1 is 1.10 bits per heavy atom. The molecule has 0 aliphatic heterocycles. The van der Waals surface area contributed by atoms with Crippen LogP contribution in [0.4, 0.5) is 0 Å². The van der Waals surface area contributed by atoms with Crippen molar-refractivity contribution < 1.29 is 4.79 Å². The first kappa shape index (κ1) is 22.5. The Balaban J connectivity index is 1.58. The van der Waals surface area contributed by atoms with Gasteiger partial charge >= 0.3 is 0 Å². The first-order valence-electron chi connectivity index (χ1n) is 9.45. The predicted molar refractivity (Wildman–Crippen MR) is 128 cm³/mol. The number of amides is 1. The van der Waals surface area contributed by atoms with E-state index >= 15 is 0 Å². The fourth-order valence-electron chi connectivity index (χ4n) is 3.20. The molecule has 1 heterocycles. The van der Waals surface area contributed by atoms with Gasteiger partial charge in [0, 0.05) is 38.4 Å². The summed E-state index contributed by atoms with van der Waals surface area (Å²) >= 11 is 13.7. The zero-order valence-electron chi connectivity index (χ0n) is 17.1. The number of hydrogen-bond acceptors (Lipinski definition) is 3. The largest absolute Gasteiger partial charge is 0.318 e. The highest BCUT2D eigenvalue weighted by molar-refractivity contribution is 7.99. The molecule has 1 N–H and O–H groups in total. The van der Waals surface area contributed by atoms with E-state index in [0.29, 0.717) is 15.8 Å². The van der Waals surface area contributed by atoms with Crippen molar-refractivity contribution in [3.8, 4) is 5.69 Å². The Morgan fingerprint density at radius 2 is 1.80 bits per heavy atom. The van der Waals surface area contributed by atoms with Crippen LogP contribution >= 0.6 is 35.0 Å². The van der Waals surface area contributed by atoms with E-state index in [9.17, 15) is 4.79 Å². The van der Waals surface area contributed by atoms with Crippen LogP contribution in [-0.4, -0.2) is 22.4 Å². The quantitative estimate of drug-likeness (QED) is 0.343. The van der Waals surface area contributed by atoms with E-state index in [2.05, 4.69) is 53.2 Å². The minimum Gasteiger partial charge on any atom is -0.318 e. The van der Waals surface area contributed by atoms with Crippen LogP contribution < -0.4 is 5.43 Å². The Hall–Kier alpha value is -2.21. The zero-order chi connectivity index (χ0) is 21.7. The van der Waals surface area contributed by atoms with Crippen LogP contribution in [0.1, 0.15) is 28.1 Å². The van der Waals surface area contributed by atoms with Gasteiger partial charge in [0.2, 0.25) is 5.91 Å². The summed E-state index contributed by atoms with van der Waals surface area (Å²) in [5.74, 6) is 0.654. The second-order valence-corrected chi connectivity index (χ2v) is 8.79. The molecule has 0 bridgehead atoms. The van der Waals surface area contributed by atoms with Crippen molar-refractivity contribution in [1.82, 2.24) is 9.99 Å². The molecule has 2 aromatic carbocycles. The molecule has 0 saturated carbocycles. The molecule has 0 aliphatic rings. The maximum Gasteiger partial charge on any atom is 0.250 e. The molecule has 0 radical (unpaired) electrons. The van der Waals surface area contributed by atoms with E-state index in [1.54, 1.807) is 24.4 Å². The highest BCUT2D eigenvalue weighted by Crippen LogP contribution is 2.28. The Kier molecular flexibility index (Phi) is 7.64. The molecule has 0 aliphatic carbocycles. The lowest BCUT2D eigenvalue weighted by Crippen LogP contribution is -2.19. The van der Waals surface area contributed by atoms with Crippen molar-refractivity contribution >= 4 is 47.1 Å². The van der Waals surface area contributed by atoms with Crippen molar-refractivity contribution in [1.29, 1.82) is 0 Å². The predicted octanol–water partition coefficient (Wildman–Crippen LogP) is 6.09. The molecule has 7 heteroatoms. The summed E-state index contributed by atoms with van der Waals surface area (Å²) in [7, 11) is 0. The highest BCUT2D eigenvalue weighted by Gasteiger charge is 2.10. The number of carbonyl (C=O) groups excluding carboxylic acids is 1. The molecule has 3 aromatic rings. The second-order valence-electron chi connectivity index (χ2n) is 6.99. The molecule has 0 spiro atoms. The molecule has 156 valence electrons. The van der Waals surface area contributed by atoms with Crippen LogP contribution in [0.2, 0.25) is 10.0 Å². The number of aryl methyl sites for hydroxylation is 2. The summed E-state index contributed by atoms with van der Waals surface area (Å²) in [4.78, 5) is 12.1. The Labute approximate surface area is 191 Å². The fraction of sp³-hybridized carbons (Fsp3) is 0.217. The molecule has 0 fully saturated rings. The molecular formula is C23H23Cl2N3OS. The van der Waals surface area contributed by atoms with E-state index in [1.807, 2.05) is 13.0 Å². The standard InChI is InChI=1S/C23H23Cl2N3OS/c1-15-6-4-7-19(10-15)28-16(2)11-18(17(28)3)12-26-27-23(29)14-30-13-20-21(24)8-5-9-22(20)25/h4-12H,13-14H2,1-3H3,(H,27,29)/b26-12-. The number of nitrogens with one attached hydrogen (secondary N) is 1. The minimum atomic E-state index is -0.174. The van der Waals surface area contributed by atoms with Gasteiger partial charge < -0.3 is 4.57 Å². The summed E-state index contributed by atoms with van der Waals surface area (Å²) in [5.41, 5.74) is 8.89. The molecule has 1 aromatic heterocycles. The molecule has 0 atom stereocenters. The third kappa shape index (κ3) is 5.48. The van der Waals surface area contributed by atoms with Gasteiger partial charge in [-0.2, -0.15) is 5.10 Å². The summed E-state index contributed by atoms with van der Waals surface area (Å²) in [6.07, 6.45) is 1.68. The highest BCUT2D eigenvalue weighted by atomic mass is 35.5. The van der Waals surface area contributed by atoms with Gasteiger partial charge in [0.25, 0.3) is 0 Å². The van der Waals surface area contributed by atoms with Crippen LogP contribution in [0.5, 0.6) is 0 Å². The lowest BCUT2D eigenvalue weighted by atomic mass is 10.2. The van der Waals surface area contributed by atoms with Gasteiger partial charge in [0.15, 0.2) is 0 Å². The van der Waals surface area contributed by atoms with Crippen molar-refractivity contribution in [2.75, 3.05) is 5.75 Å². The van der Waals surface area contributed by atoms with Crippen LogP contribution in [0, 0.1) is 20.8 Å². The van der Waals surface area contributed by atoms with Gasteiger partial charge in [0.05, 0.1) is 12.0 Å². The molecule has 1 amide bonds. The van der Waals surface area contributed by atoms with E-state index in [-0.39, 0.29) is 11.7 Å². The van der Waals surface area contributed by atoms with E-state index in [1.165, 1.54) is 17.3 Å². The van der Waals surface area contributed by atoms with Gasteiger partial charge in [-0.25, -0.2) is 5.43 Å². The zero-order valence-corrected chi connectivity index (χ0v) is 19.4. The average Bonchev–Trinajstić information content (AvgIpc) is 2.97. The van der Waals surface area contributed by atoms with Crippen molar-refractivity contribution in [3.05, 3.63) is 86.7 Å². The number of carbonyl (C=O) groups is 1. The van der Waals surface area contributed by atoms with Gasteiger partial charge in [-0.05, 0) is 62.2 Å². The SMILES string of the molecule is Cc1cccc(-n2c(C)cc(/C=N\NC(=O)CSCc3c(Cl)cccc3Cl)c2C)c1. The molecular weight excluding hydrogens is 437 g/mol. The number of thioether (sulfide) groups is 1. The van der Waals surface area contributed by atoms with Gasteiger partial charge in [0.1, 0.15) is 0 Å². The van der Waals surface area contributed by atoms with Crippen molar-refractivity contribution in [2.45, 2.75) is 26.5 Å². The van der Waals surface area contributed by atoms with Crippen LogP contribution in [0.3, 0.4) is 0 Å². The number of benzene rings is 2. The van der Waals surface area contributed by atoms with Gasteiger partial charge in [-0.15, -0.1) is 11.8 Å². The monoisotopic (exact) mass is 459 g/mol. The third-order valence-corrected chi connectivity index (χ3v) is 6.33. The maximum absolute atomic E-state index is 12.1. The minimum absolute atomic E-state index is 0.174. The molecule has 0 saturated heterocycles. The number of aromatic nitrogens is 1. The smallest absolute Gasteiger partial charge is 0.250 e. The summed E-state index contributed by atoms with van der Waals surface area (Å²) < 4.78 is 2.18. The van der Waals surface area contributed by atoms with Crippen molar-refractivity contribution in [3.63, 3.8) is 0 Å². The lowest BCUT2D eigenvalue weighted by Gasteiger charge is -2.10. The first-order valence-corrected chi connectivity index (χ1v) is 11.4. The van der Waals surface area contributed by atoms with Crippen molar-refractivity contribution in [2.24, 2.45) is 5.10 Å².